The Labute approximate surface area is 208 Å². The second-order valence-corrected chi connectivity index (χ2v) is 10.2. The molecule has 1 N–H and O–H groups in total. The largest absolute Gasteiger partial charge is 0.354 e. The van der Waals surface area contributed by atoms with Gasteiger partial charge in [0, 0.05) is 12.0 Å². The molecule has 4 heteroatoms. The van der Waals surface area contributed by atoms with Crippen molar-refractivity contribution in [2.45, 2.75) is 71.6 Å². The molecule has 1 saturated heterocycles. The lowest BCUT2D eigenvalue weighted by Crippen LogP contribution is -2.47. The number of unbranched alkanes of at least 4 members (excludes halogenated alkanes) is 1. The fourth-order valence-corrected chi connectivity index (χ4v) is 5.80. The molecule has 0 saturated carbocycles. The fourth-order valence-electron chi connectivity index (χ4n) is 5.80. The average molecular weight is 466 g/mol. The van der Waals surface area contributed by atoms with Crippen molar-refractivity contribution in [3.05, 3.63) is 48.0 Å². The van der Waals surface area contributed by atoms with Crippen LogP contribution >= 0.6 is 0 Å². The number of fused-ring (bicyclic) bond motifs is 1. The van der Waals surface area contributed by atoms with Gasteiger partial charge in [0.25, 0.3) is 0 Å². The molecule has 0 aliphatic carbocycles. The minimum atomic E-state index is -0.0699. The third kappa shape index (κ3) is 6.60. The molecule has 4 nitrogen and oxygen atoms in total. The van der Waals surface area contributed by atoms with Gasteiger partial charge in [-0.15, -0.1) is 0 Å². The Morgan fingerprint density at radius 2 is 1.74 bits per heavy atom. The normalized spacial score (nSPS) is 17.2. The number of hydrogen-bond acceptors (Lipinski definition) is 3. The standard InChI is InChI=1S/C30H47N3O/c1-5-25(4)30(19-10-11-20-33-21-12-13-22-33,24-31-29(34)23-32(6-2)7-3)28-18-14-16-26-15-8-9-17-27(26)28/h8-9,14-18,25H,5-7,10-13,19-24H2,1-4H3,(H,31,34). The lowest BCUT2D eigenvalue weighted by atomic mass is 9.65. The van der Waals surface area contributed by atoms with Crippen LogP contribution in [0.3, 0.4) is 0 Å². The van der Waals surface area contributed by atoms with Crippen molar-refractivity contribution in [1.29, 1.82) is 0 Å². The molecule has 2 aromatic rings. The quantitative estimate of drug-likeness (QED) is 0.356. The number of likely N-dealkylation sites (tertiary alicyclic amines) is 1. The van der Waals surface area contributed by atoms with E-state index in [1.54, 1.807) is 0 Å². The molecule has 0 radical (unpaired) electrons. The predicted octanol–water partition coefficient (Wildman–Crippen LogP) is 5.85. The molecule has 34 heavy (non-hydrogen) atoms. The van der Waals surface area contributed by atoms with Gasteiger partial charge >= 0.3 is 0 Å². The molecule has 2 atom stereocenters. The summed E-state index contributed by atoms with van der Waals surface area (Å²) in [6.07, 6.45) is 7.33. The highest BCUT2D eigenvalue weighted by atomic mass is 16.2. The van der Waals surface area contributed by atoms with Gasteiger partial charge in [-0.1, -0.05) is 83.0 Å². The van der Waals surface area contributed by atoms with Gasteiger partial charge in [0.05, 0.1) is 6.54 Å². The van der Waals surface area contributed by atoms with Gasteiger partial charge in [0.15, 0.2) is 0 Å². The summed E-state index contributed by atoms with van der Waals surface area (Å²) in [5.74, 6) is 0.618. The first-order valence-corrected chi connectivity index (χ1v) is 13.7. The van der Waals surface area contributed by atoms with Gasteiger partial charge in [-0.25, -0.2) is 0 Å². The Bertz CT molecular complexity index is 882. The summed E-state index contributed by atoms with van der Waals surface area (Å²) in [5, 5.41) is 6.02. The minimum Gasteiger partial charge on any atom is -0.354 e. The zero-order valence-electron chi connectivity index (χ0n) is 22.1. The van der Waals surface area contributed by atoms with Crippen LogP contribution in [0.4, 0.5) is 0 Å². The van der Waals surface area contributed by atoms with E-state index in [0.717, 1.165) is 25.9 Å². The van der Waals surface area contributed by atoms with Gasteiger partial charge < -0.3 is 10.2 Å². The monoisotopic (exact) mass is 465 g/mol. The van der Waals surface area contributed by atoms with Crippen LogP contribution in [0.5, 0.6) is 0 Å². The number of carbonyl (C=O) groups is 1. The first-order chi connectivity index (χ1) is 16.5. The van der Waals surface area contributed by atoms with Crippen molar-refractivity contribution >= 4 is 16.7 Å². The zero-order chi connectivity index (χ0) is 24.4. The Balaban J connectivity index is 1.87. The fraction of sp³-hybridized carbons (Fsp3) is 0.633. The number of likely N-dealkylation sites (N-methyl/N-ethyl adjacent to an activating group) is 1. The number of rotatable bonds is 14. The molecular weight excluding hydrogens is 418 g/mol. The summed E-state index contributed by atoms with van der Waals surface area (Å²) in [5.41, 5.74) is 1.34. The van der Waals surface area contributed by atoms with E-state index in [0.29, 0.717) is 19.0 Å². The number of carbonyl (C=O) groups excluding carboxylic acids is 1. The van der Waals surface area contributed by atoms with Crippen LogP contribution < -0.4 is 5.32 Å². The maximum absolute atomic E-state index is 13.0. The van der Waals surface area contributed by atoms with Crippen molar-refractivity contribution in [2.75, 3.05) is 45.8 Å². The SMILES string of the molecule is CCC(C)C(CCCCN1CCCC1)(CNC(=O)CN(CC)CC)c1cccc2ccccc12. The zero-order valence-corrected chi connectivity index (χ0v) is 22.1. The van der Waals surface area contributed by atoms with E-state index in [-0.39, 0.29) is 11.3 Å². The van der Waals surface area contributed by atoms with Crippen LogP contribution in [-0.4, -0.2) is 61.5 Å². The number of amides is 1. The summed E-state index contributed by atoms with van der Waals surface area (Å²) in [4.78, 5) is 17.8. The molecule has 2 unspecified atom stereocenters. The third-order valence-corrected chi connectivity index (χ3v) is 8.29. The van der Waals surface area contributed by atoms with Crippen LogP contribution in [0.2, 0.25) is 0 Å². The van der Waals surface area contributed by atoms with Gasteiger partial charge in [-0.3, -0.25) is 9.69 Å². The number of nitrogens with one attached hydrogen (secondary N) is 1. The molecule has 3 rings (SSSR count). The van der Waals surface area contributed by atoms with Gasteiger partial charge in [-0.05, 0) is 80.7 Å². The van der Waals surface area contributed by atoms with Crippen LogP contribution in [0, 0.1) is 5.92 Å². The molecule has 0 bridgehead atoms. The lowest BCUT2D eigenvalue weighted by molar-refractivity contribution is -0.122. The van der Waals surface area contributed by atoms with E-state index in [4.69, 9.17) is 0 Å². The Hall–Kier alpha value is -1.91. The molecule has 1 heterocycles. The van der Waals surface area contributed by atoms with E-state index < -0.39 is 0 Å². The van der Waals surface area contributed by atoms with Crippen LogP contribution in [0.15, 0.2) is 42.5 Å². The second-order valence-electron chi connectivity index (χ2n) is 10.2. The molecule has 188 valence electrons. The van der Waals surface area contributed by atoms with Gasteiger partial charge in [0.1, 0.15) is 0 Å². The summed E-state index contributed by atoms with van der Waals surface area (Å²) in [7, 11) is 0. The first kappa shape index (κ1) is 26.7. The van der Waals surface area contributed by atoms with Crippen LogP contribution in [0.1, 0.15) is 71.8 Å². The van der Waals surface area contributed by atoms with E-state index in [1.807, 2.05) is 0 Å². The molecule has 0 aromatic heterocycles. The van der Waals surface area contributed by atoms with Crippen molar-refractivity contribution in [2.24, 2.45) is 5.92 Å². The van der Waals surface area contributed by atoms with E-state index in [2.05, 4.69) is 85.3 Å². The molecule has 0 spiro atoms. The maximum Gasteiger partial charge on any atom is 0.234 e. The molecule has 1 aliphatic rings. The smallest absolute Gasteiger partial charge is 0.234 e. The third-order valence-electron chi connectivity index (χ3n) is 8.29. The van der Waals surface area contributed by atoms with Crippen molar-refractivity contribution in [3.63, 3.8) is 0 Å². The van der Waals surface area contributed by atoms with E-state index >= 15 is 0 Å². The van der Waals surface area contributed by atoms with Crippen molar-refractivity contribution in [3.8, 4) is 0 Å². The number of hydrogen-bond donors (Lipinski definition) is 1. The Kier molecular flexibility index (Phi) is 10.4. The first-order valence-electron chi connectivity index (χ1n) is 13.7. The summed E-state index contributed by atoms with van der Waals surface area (Å²) < 4.78 is 0. The molecule has 2 aromatic carbocycles. The molecule has 1 amide bonds. The second kappa shape index (κ2) is 13.3. The summed E-state index contributed by atoms with van der Waals surface area (Å²) >= 11 is 0. The van der Waals surface area contributed by atoms with Crippen molar-refractivity contribution < 1.29 is 4.79 Å². The average Bonchev–Trinajstić information content (AvgIpc) is 3.40. The molecule has 1 aliphatic heterocycles. The van der Waals surface area contributed by atoms with E-state index in [1.165, 1.54) is 61.7 Å². The van der Waals surface area contributed by atoms with Gasteiger partial charge in [-0.2, -0.15) is 0 Å². The van der Waals surface area contributed by atoms with Crippen molar-refractivity contribution in [1.82, 2.24) is 15.1 Å². The summed E-state index contributed by atoms with van der Waals surface area (Å²) in [6.45, 7) is 15.7. The summed E-state index contributed by atoms with van der Waals surface area (Å²) in [6, 6.07) is 15.5. The highest BCUT2D eigenvalue weighted by molar-refractivity contribution is 5.87. The maximum atomic E-state index is 13.0. The Morgan fingerprint density at radius 3 is 2.44 bits per heavy atom. The van der Waals surface area contributed by atoms with Crippen LogP contribution in [0.25, 0.3) is 10.8 Å². The number of benzene rings is 2. The van der Waals surface area contributed by atoms with Gasteiger partial charge in [0.2, 0.25) is 5.91 Å². The highest BCUT2D eigenvalue weighted by Gasteiger charge is 2.38. The van der Waals surface area contributed by atoms with Crippen LogP contribution in [-0.2, 0) is 10.2 Å². The minimum absolute atomic E-state index is 0.0699. The number of nitrogens with zero attached hydrogens (tertiary/aromatic N) is 2. The highest BCUT2D eigenvalue weighted by Crippen LogP contribution is 2.42. The molecule has 1 fully saturated rings. The topological polar surface area (TPSA) is 35.6 Å². The predicted molar refractivity (Wildman–Crippen MR) is 145 cm³/mol. The molecular formula is C30H47N3O. The Morgan fingerprint density at radius 1 is 1.03 bits per heavy atom. The van der Waals surface area contributed by atoms with E-state index in [9.17, 15) is 4.79 Å². The lowest BCUT2D eigenvalue weighted by Gasteiger charge is -2.41.